The fourth-order valence-electron chi connectivity index (χ4n) is 4.90. The number of carbonyl (C=O) groups excluding carboxylic acids is 2. The third-order valence-electron chi connectivity index (χ3n) is 6.68. The summed E-state index contributed by atoms with van der Waals surface area (Å²) in [5.41, 5.74) is 1.34. The Morgan fingerprint density at radius 2 is 1.82 bits per heavy atom. The number of ether oxygens (including phenoxy) is 1. The minimum absolute atomic E-state index is 0.205. The number of hydrogen-bond acceptors (Lipinski definition) is 6. The van der Waals surface area contributed by atoms with Gasteiger partial charge in [0.1, 0.15) is 6.04 Å². The molecule has 0 spiro atoms. The van der Waals surface area contributed by atoms with Gasteiger partial charge in [-0.25, -0.2) is 8.42 Å². The van der Waals surface area contributed by atoms with Gasteiger partial charge in [-0.05, 0) is 49.6 Å². The lowest BCUT2D eigenvalue weighted by molar-refractivity contribution is -0.125. The number of carbonyl (C=O) groups is 2. The van der Waals surface area contributed by atoms with Crippen molar-refractivity contribution in [1.82, 2.24) is 14.5 Å². The highest BCUT2D eigenvalue weighted by Crippen LogP contribution is 2.35. The molecule has 1 aromatic carbocycles. The van der Waals surface area contributed by atoms with Crippen LogP contribution < -0.4 is 10.2 Å². The number of amides is 2. The number of hydrogen-bond donors (Lipinski definition) is 1. The van der Waals surface area contributed by atoms with E-state index in [9.17, 15) is 18.0 Å². The largest absolute Gasteiger partial charge is 0.379 e. The van der Waals surface area contributed by atoms with Gasteiger partial charge >= 0.3 is 0 Å². The Balaban J connectivity index is 1.41. The molecule has 10 heteroatoms. The highest BCUT2D eigenvalue weighted by Gasteiger charge is 2.38. The Labute approximate surface area is 196 Å². The van der Waals surface area contributed by atoms with Gasteiger partial charge < -0.3 is 10.1 Å². The first-order valence-corrected chi connectivity index (χ1v) is 13.3. The fourth-order valence-corrected chi connectivity index (χ4v) is 6.47. The molecule has 1 atom stereocenters. The minimum atomic E-state index is -3.57. The Morgan fingerprint density at radius 3 is 2.52 bits per heavy atom. The molecule has 3 heterocycles. The first kappa shape index (κ1) is 24.1. The van der Waals surface area contributed by atoms with Crippen molar-refractivity contribution in [2.24, 2.45) is 0 Å². The van der Waals surface area contributed by atoms with Crippen LogP contribution in [0.5, 0.6) is 0 Å². The predicted molar refractivity (Wildman–Crippen MR) is 125 cm³/mol. The predicted octanol–water partition coefficient (Wildman–Crippen LogP) is 0.977. The van der Waals surface area contributed by atoms with E-state index < -0.39 is 16.1 Å². The standard InChI is InChI=1S/C23H34N4O5S/c1-18(28)27-21-7-6-20(33(30,31)26-10-3-2-4-11-26)16-19(21)17-22(27)23(29)24-8-5-9-25-12-14-32-15-13-25/h6-7,16,22H,2-5,8-15,17H2,1H3,(H,24,29)/t22-/m1/s1. The van der Waals surface area contributed by atoms with Crippen molar-refractivity contribution in [1.29, 1.82) is 0 Å². The maximum Gasteiger partial charge on any atom is 0.243 e. The highest BCUT2D eigenvalue weighted by molar-refractivity contribution is 7.89. The third-order valence-corrected chi connectivity index (χ3v) is 8.58. The number of nitrogens with zero attached hydrogens (tertiary/aromatic N) is 3. The maximum absolute atomic E-state index is 13.1. The zero-order chi connectivity index (χ0) is 23.4. The summed E-state index contributed by atoms with van der Waals surface area (Å²) in [4.78, 5) is 29.4. The van der Waals surface area contributed by atoms with Crippen LogP contribution in [-0.2, 0) is 30.8 Å². The van der Waals surface area contributed by atoms with Crippen LogP contribution in [0.25, 0.3) is 0 Å². The van der Waals surface area contributed by atoms with E-state index in [1.165, 1.54) is 16.1 Å². The van der Waals surface area contributed by atoms with E-state index in [1.54, 1.807) is 18.2 Å². The molecule has 2 saturated heterocycles. The molecule has 0 saturated carbocycles. The molecule has 9 nitrogen and oxygen atoms in total. The van der Waals surface area contributed by atoms with Crippen LogP contribution in [-0.4, -0.2) is 88.0 Å². The first-order chi connectivity index (χ1) is 15.9. The molecule has 1 aromatic rings. The van der Waals surface area contributed by atoms with Gasteiger partial charge in [0.15, 0.2) is 0 Å². The second-order valence-electron chi connectivity index (χ2n) is 8.96. The molecule has 0 aromatic heterocycles. The van der Waals surface area contributed by atoms with Crippen molar-refractivity contribution in [2.45, 2.75) is 50.0 Å². The SMILES string of the molecule is CC(=O)N1c2ccc(S(=O)(=O)N3CCCCC3)cc2C[C@@H]1C(=O)NCCCN1CCOCC1. The number of fused-ring (bicyclic) bond motifs is 1. The minimum Gasteiger partial charge on any atom is -0.379 e. The Kier molecular flexibility index (Phi) is 7.68. The Bertz CT molecular complexity index is 971. The summed E-state index contributed by atoms with van der Waals surface area (Å²) in [5, 5.41) is 2.96. The lowest BCUT2D eigenvalue weighted by atomic mass is 10.1. The number of rotatable bonds is 7. The Morgan fingerprint density at radius 1 is 1.09 bits per heavy atom. The van der Waals surface area contributed by atoms with E-state index in [0.717, 1.165) is 64.1 Å². The summed E-state index contributed by atoms with van der Waals surface area (Å²) in [5.74, 6) is -0.433. The molecule has 2 amide bonds. The van der Waals surface area contributed by atoms with Crippen LogP contribution in [0.4, 0.5) is 5.69 Å². The zero-order valence-corrected chi connectivity index (χ0v) is 20.1. The van der Waals surface area contributed by atoms with Gasteiger partial charge in [-0.3, -0.25) is 19.4 Å². The average molecular weight is 479 g/mol. The van der Waals surface area contributed by atoms with E-state index in [1.807, 2.05) is 0 Å². The van der Waals surface area contributed by atoms with Crippen molar-refractivity contribution >= 4 is 27.5 Å². The Hall–Kier alpha value is -2.01. The molecular weight excluding hydrogens is 444 g/mol. The molecule has 1 N–H and O–H groups in total. The second-order valence-corrected chi connectivity index (χ2v) is 10.9. The van der Waals surface area contributed by atoms with Crippen LogP contribution in [0, 0.1) is 0 Å². The summed E-state index contributed by atoms with van der Waals surface area (Å²) in [6.07, 6.45) is 3.93. The number of anilines is 1. The van der Waals surface area contributed by atoms with Gasteiger partial charge in [-0.15, -0.1) is 0 Å². The normalized spacial score (nSPS) is 22.2. The first-order valence-electron chi connectivity index (χ1n) is 11.9. The summed E-state index contributed by atoms with van der Waals surface area (Å²) < 4.78 is 33.0. The van der Waals surface area contributed by atoms with Crippen LogP contribution >= 0.6 is 0 Å². The molecule has 0 bridgehead atoms. The van der Waals surface area contributed by atoms with Gasteiger partial charge in [-0.1, -0.05) is 6.42 Å². The van der Waals surface area contributed by atoms with Gasteiger partial charge in [0.25, 0.3) is 0 Å². The van der Waals surface area contributed by atoms with Gasteiger partial charge in [0, 0.05) is 51.8 Å². The topological polar surface area (TPSA) is 99.3 Å². The summed E-state index contributed by atoms with van der Waals surface area (Å²) in [6, 6.07) is 4.20. The lowest BCUT2D eigenvalue weighted by Gasteiger charge is -2.27. The number of nitrogens with one attached hydrogen (secondary N) is 1. The maximum atomic E-state index is 13.1. The van der Waals surface area contributed by atoms with Gasteiger partial charge in [0.05, 0.1) is 18.1 Å². The van der Waals surface area contributed by atoms with Crippen molar-refractivity contribution in [3.8, 4) is 0 Å². The van der Waals surface area contributed by atoms with Gasteiger partial charge in [0.2, 0.25) is 21.8 Å². The van der Waals surface area contributed by atoms with Crippen LogP contribution in [0.1, 0.15) is 38.2 Å². The average Bonchev–Trinajstić information content (AvgIpc) is 3.22. The van der Waals surface area contributed by atoms with E-state index in [-0.39, 0.29) is 16.7 Å². The zero-order valence-electron chi connectivity index (χ0n) is 19.3. The summed E-state index contributed by atoms with van der Waals surface area (Å²) in [7, 11) is -3.57. The molecule has 0 unspecified atom stereocenters. The fraction of sp³-hybridized carbons (Fsp3) is 0.652. The van der Waals surface area contributed by atoms with Crippen LogP contribution in [0.3, 0.4) is 0 Å². The molecule has 33 heavy (non-hydrogen) atoms. The molecule has 0 radical (unpaired) electrons. The van der Waals surface area contributed by atoms with E-state index in [4.69, 9.17) is 4.74 Å². The van der Waals surface area contributed by atoms with E-state index in [2.05, 4.69) is 10.2 Å². The van der Waals surface area contributed by atoms with E-state index >= 15 is 0 Å². The van der Waals surface area contributed by atoms with E-state index in [0.29, 0.717) is 31.7 Å². The monoisotopic (exact) mass is 478 g/mol. The molecule has 3 aliphatic rings. The smallest absolute Gasteiger partial charge is 0.243 e. The van der Waals surface area contributed by atoms with Crippen molar-refractivity contribution in [3.05, 3.63) is 23.8 Å². The molecule has 4 rings (SSSR count). The van der Waals surface area contributed by atoms with Crippen molar-refractivity contribution in [3.63, 3.8) is 0 Å². The van der Waals surface area contributed by atoms with Crippen molar-refractivity contribution in [2.75, 3.05) is 57.4 Å². The second kappa shape index (κ2) is 10.5. The number of piperidine rings is 1. The van der Waals surface area contributed by atoms with Gasteiger partial charge in [-0.2, -0.15) is 4.31 Å². The van der Waals surface area contributed by atoms with Crippen LogP contribution in [0.15, 0.2) is 23.1 Å². The number of sulfonamides is 1. The third kappa shape index (κ3) is 5.40. The lowest BCUT2D eigenvalue weighted by Crippen LogP contribution is -2.48. The molecule has 2 fully saturated rings. The highest BCUT2D eigenvalue weighted by atomic mass is 32.2. The summed E-state index contributed by atoms with van der Waals surface area (Å²) >= 11 is 0. The molecule has 3 aliphatic heterocycles. The van der Waals surface area contributed by atoms with Crippen LogP contribution in [0.2, 0.25) is 0 Å². The molecular formula is C23H34N4O5S. The summed E-state index contributed by atoms with van der Waals surface area (Å²) in [6.45, 7) is 7.24. The quantitative estimate of drug-likeness (QED) is 0.587. The number of benzene rings is 1. The number of morpholine rings is 1. The molecule has 182 valence electrons. The molecule has 0 aliphatic carbocycles. The van der Waals surface area contributed by atoms with Crippen molar-refractivity contribution < 1.29 is 22.7 Å².